The second kappa shape index (κ2) is 8.34. The molecular weight excluding hydrogens is 188 g/mol. The van der Waals surface area contributed by atoms with Crippen LogP contribution in [0.1, 0.15) is 25.7 Å². The van der Waals surface area contributed by atoms with Crippen LogP contribution in [-0.2, 0) is 9.53 Å². The van der Waals surface area contributed by atoms with E-state index < -0.39 is 5.37 Å². The average Bonchev–Trinajstić information content (AvgIpc) is 2.02. The van der Waals surface area contributed by atoms with Gasteiger partial charge in [-0.15, -0.1) is 0 Å². The summed E-state index contributed by atoms with van der Waals surface area (Å²) in [6, 6.07) is 0. The van der Waals surface area contributed by atoms with Crippen molar-refractivity contribution >= 4 is 18.6 Å². The van der Waals surface area contributed by atoms with E-state index in [2.05, 4.69) is 12.6 Å². The molecule has 0 aromatic heterocycles. The van der Waals surface area contributed by atoms with Gasteiger partial charge in [0.1, 0.15) is 0 Å². The quantitative estimate of drug-likeness (QED) is 0.242. The number of esters is 1. The molecule has 0 aliphatic heterocycles. The molecule has 5 heteroatoms. The number of unbranched alkanes of at least 4 members (excludes halogenated alkanes) is 2. The highest BCUT2D eigenvalue weighted by atomic mass is 32.1. The number of nitrogens with two attached hydrogens (primary N) is 2. The maximum atomic E-state index is 10.9. The van der Waals surface area contributed by atoms with Crippen LogP contribution in [0.4, 0.5) is 0 Å². The van der Waals surface area contributed by atoms with E-state index in [9.17, 15) is 4.79 Å². The van der Waals surface area contributed by atoms with Crippen molar-refractivity contribution in [3.05, 3.63) is 0 Å². The minimum atomic E-state index is -0.420. The Balaban J connectivity index is 3.17. The highest BCUT2D eigenvalue weighted by molar-refractivity contribution is 7.80. The Morgan fingerprint density at radius 3 is 2.62 bits per heavy atom. The minimum Gasteiger partial charge on any atom is -0.466 e. The first kappa shape index (κ1) is 12.7. The maximum Gasteiger partial charge on any atom is 0.308 e. The summed E-state index contributed by atoms with van der Waals surface area (Å²) in [5.41, 5.74) is 10.6. The van der Waals surface area contributed by atoms with Gasteiger partial charge in [0, 0.05) is 0 Å². The third-order valence-electron chi connectivity index (χ3n) is 1.49. The summed E-state index contributed by atoms with van der Waals surface area (Å²) in [7, 11) is 0. The number of rotatable bonds is 7. The number of hydrogen-bond donors (Lipinski definition) is 3. The molecule has 0 aliphatic carbocycles. The molecule has 1 atom stereocenters. The lowest BCUT2D eigenvalue weighted by Gasteiger charge is -2.05. The van der Waals surface area contributed by atoms with Crippen molar-refractivity contribution in [2.45, 2.75) is 31.1 Å². The molecule has 0 amide bonds. The van der Waals surface area contributed by atoms with Crippen LogP contribution in [0.2, 0.25) is 0 Å². The normalized spacial score (nSPS) is 12.5. The fourth-order valence-corrected chi connectivity index (χ4v) is 0.988. The number of ether oxygens (including phenoxy) is 1. The van der Waals surface area contributed by atoms with Gasteiger partial charge in [0.05, 0.1) is 18.4 Å². The van der Waals surface area contributed by atoms with Crippen molar-refractivity contribution < 1.29 is 9.53 Å². The first-order chi connectivity index (χ1) is 6.16. The van der Waals surface area contributed by atoms with Crippen LogP contribution in [0.5, 0.6) is 0 Å². The van der Waals surface area contributed by atoms with Gasteiger partial charge in [-0.1, -0.05) is 0 Å². The molecule has 0 saturated heterocycles. The molecule has 0 fully saturated rings. The largest absolute Gasteiger partial charge is 0.466 e. The molecule has 0 aromatic rings. The molecule has 78 valence electrons. The maximum absolute atomic E-state index is 10.9. The molecular formula is C8H18N2O2S. The number of carbonyl (C=O) groups excluding carboxylic acids is 1. The van der Waals surface area contributed by atoms with Gasteiger partial charge in [-0.25, -0.2) is 0 Å². The third-order valence-corrected chi connectivity index (χ3v) is 1.67. The fraction of sp³-hybridized carbons (Fsp3) is 0.875. The fourth-order valence-electron chi connectivity index (χ4n) is 0.839. The van der Waals surface area contributed by atoms with Gasteiger partial charge in [-0.2, -0.15) is 12.6 Å². The Kier molecular flexibility index (Phi) is 8.18. The van der Waals surface area contributed by atoms with Gasteiger partial charge in [-0.05, 0) is 25.8 Å². The van der Waals surface area contributed by atoms with Crippen LogP contribution in [0.15, 0.2) is 0 Å². The van der Waals surface area contributed by atoms with Crippen LogP contribution in [0, 0.1) is 0 Å². The van der Waals surface area contributed by atoms with Crippen LogP contribution in [-0.4, -0.2) is 24.5 Å². The van der Waals surface area contributed by atoms with E-state index in [-0.39, 0.29) is 12.4 Å². The zero-order valence-electron chi connectivity index (χ0n) is 7.74. The minimum absolute atomic E-state index is 0.167. The van der Waals surface area contributed by atoms with Gasteiger partial charge in [0.25, 0.3) is 0 Å². The molecule has 0 spiro atoms. The first-order valence-corrected chi connectivity index (χ1v) is 4.97. The van der Waals surface area contributed by atoms with E-state index in [1.54, 1.807) is 0 Å². The van der Waals surface area contributed by atoms with Crippen molar-refractivity contribution in [1.82, 2.24) is 0 Å². The molecule has 1 unspecified atom stereocenters. The van der Waals surface area contributed by atoms with E-state index in [1.807, 2.05) is 0 Å². The van der Waals surface area contributed by atoms with Crippen molar-refractivity contribution in [2.75, 3.05) is 13.2 Å². The van der Waals surface area contributed by atoms with Crippen LogP contribution in [0.3, 0.4) is 0 Å². The van der Waals surface area contributed by atoms with Crippen LogP contribution in [0.25, 0.3) is 0 Å². The van der Waals surface area contributed by atoms with E-state index >= 15 is 0 Å². The summed E-state index contributed by atoms with van der Waals surface area (Å²) in [6.45, 7) is 1.15. The van der Waals surface area contributed by atoms with Gasteiger partial charge >= 0.3 is 5.97 Å². The van der Waals surface area contributed by atoms with Crippen LogP contribution < -0.4 is 11.5 Å². The predicted molar refractivity (Wildman–Crippen MR) is 55.4 cm³/mol. The zero-order valence-corrected chi connectivity index (χ0v) is 8.63. The number of thiol groups is 1. The highest BCUT2D eigenvalue weighted by Crippen LogP contribution is 1.98. The highest BCUT2D eigenvalue weighted by Gasteiger charge is 2.05. The van der Waals surface area contributed by atoms with E-state index in [0.29, 0.717) is 13.2 Å². The van der Waals surface area contributed by atoms with Gasteiger partial charge in [0.15, 0.2) is 0 Å². The van der Waals surface area contributed by atoms with Gasteiger partial charge in [0.2, 0.25) is 0 Å². The average molecular weight is 206 g/mol. The number of hydrogen-bond acceptors (Lipinski definition) is 5. The molecule has 0 heterocycles. The molecule has 4 nitrogen and oxygen atoms in total. The second-order valence-corrected chi connectivity index (χ2v) is 3.50. The summed E-state index contributed by atoms with van der Waals surface area (Å²) in [6.07, 6.45) is 3.01. The summed E-state index contributed by atoms with van der Waals surface area (Å²) < 4.78 is 4.89. The van der Waals surface area contributed by atoms with Crippen LogP contribution >= 0.6 is 12.6 Å². The Bertz CT molecular complexity index is 142. The van der Waals surface area contributed by atoms with Gasteiger partial charge < -0.3 is 16.2 Å². The van der Waals surface area contributed by atoms with E-state index in [4.69, 9.17) is 16.2 Å². The smallest absolute Gasteiger partial charge is 0.308 e. The monoisotopic (exact) mass is 206 g/mol. The molecule has 0 saturated carbocycles. The molecule has 0 radical (unpaired) electrons. The Labute approximate surface area is 84.4 Å². The Hall–Kier alpha value is -0.260. The Morgan fingerprint density at radius 2 is 2.08 bits per heavy atom. The number of carbonyl (C=O) groups is 1. The lowest BCUT2D eigenvalue weighted by atomic mass is 10.2. The summed E-state index contributed by atoms with van der Waals surface area (Å²) in [4.78, 5) is 10.9. The van der Waals surface area contributed by atoms with Crippen molar-refractivity contribution in [3.8, 4) is 0 Å². The van der Waals surface area contributed by atoms with E-state index in [1.165, 1.54) is 0 Å². The molecule has 0 aromatic carbocycles. The lowest BCUT2D eigenvalue weighted by Crippen LogP contribution is -2.19. The third kappa shape index (κ3) is 9.66. The SMILES string of the molecule is NCCCCCOC(=O)CC(N)S. The first-order valence-electron chi connectivity index (χ1n) is 4.46. The second-order valence-electron chi connectivity index (χ2n) is 2.84. The van der Waals surface area contributed by atoms with Crippen molar-refractivity contribution in [1.29, 1.82) is 0 Å². The standard InChI is InChI=1S/C8H18N2O2S/c9-4-2-1-3-5-12-8(11)6-7(10)13/h7,13H,1-6,9-10H2. The molecule has 0 bridgehead atoms. The summed E-state index contributed by atoms with van der Waals surface area (Å²) in [5, 5.41) is -0.420. The summed E-state index contributed by atoms with van der Waals surface area (Å²) in [5.74, 6) is -0.282. The molecule has 0 aliphatic rings. The predicted octanol–water partition coefficient (Wildman–Crippen LogP) is 0.263. The topological polar surface area (TPSA) is 78.3 Å². The molecule has 13 heavy (non-hydrogen) atoms. The van der Waals surface area contributed by atoms with Gasteiger partial charge in [-0.3, -0.25) is 4.79 Å². The van der Waals surface area contributed by atoms with Crippen molar-refractivity contribution in [2.24, 2.45) is 11.5 Å². The lowest BCUT2D eigenvalue weighted by molar-refractivity contribution is -0.143. The van der Waals surface area contributed by atoms with Crippen molar-refractivity contribution in [3.63, 3.8) is 0 Å². The molecule has 4 N–H and O–H groups in total. The zero-order chi connectivity index (χ0) is 10.1. The van der Waals surface area contributed by atoms with E-state index in [0.717, 1.165) is 19.3 Å². The summed E-state index contributed by atoms with van der Waals surface area (Å²) >= 11 is 3.88. The molecule has 0 rings (SSSR count). The Morgan fingerprint density at radius 1 is 1.38 bits per heavy atom.